The first kappa shape index (κ1) is 16.5. The number of ether oxygens (including phenoxy) is 2. The third-order valence-corrected chi connectivity index (χ3v) is 3.22. The van der Waals surface area contributed by atoms with Crippen molar-refractivity contribution in [3.8, 4) is 11.5 Å². The topological polar surface area (TPSA) is 50.7 Å². The van der Waals surface area contributed by atoms with Gasteiger partial charge in [0, 0.05) is 17.3 Å². The van der Waals surface area contributed by atoms with E-state index in [-0.39, 0.29) is 6.61 Å². The van der Waals surface area contributed by atoms with Gasteiger partial charge in [-0.2, -0.15) is 0 Å². The Morgan fingerprint density at radius 3 is 2.23 bits per heavy atom. The highest BCUT2D eigenvalue weighted by molar-refractivity contribution is 6.30. The molecule has 0 bridgehead atoms. The summed E-state index contributed by atoms with van der Waals surface area (Å²) >= 11 is 5.80. The zero-order chi connectivity index (χ0) is 15.8. The fraction of sp³-hybridized carbons (Fsp3) is 0.294. The molecule has 0 aliphatic rings. The number of anilines is 1. The number of rotatable bonds is 8. The van der Waals surface area contributed by atoms with Crippen LogP contribution in [0.4, 0.5) is 5.69 Å². The fourth-order valence-electron chi connectivity index (χ4n) is 1.85. The van der Waals surface area contributed by atoms with Crippen molar-refractivity contribution in [2.45, 2.75) is 13.0 Å². The predicted molar refractivity (Wildman–Crippen MR) is 89.1 cm³/mol. The van der Waals surface area contributed by atoms with Crippen LogP contribution in [0.1, 0.15) is 6.92 Å². The van der Waals surface area contributed by atoms with Crippen molar-refractivity contribution >= 4 is 17.3 Å². The molecule has 118 valence electrons. The van der Waals surface area contributed by atoms with Crippen molar-refractivity contribution in [3.63, 3.8) is 0 Å². The molecule has 0 saturated heterocycles. The minimum absolute atomic E-state index is 0.214. The van der Waals surface area contributed by atoms with E-state index in [2.05, 4.69) is 5.32 Å². The van der Waals surface area contributed by atoms with Gasteiger partial charge in [-0.1, -0.05) is 11.6 Å². The van der Waals surface area contributed by atoms with Gasteiger partial charge in [-0.25, -0.2) is 0 Å². The zero-order valence-electron chi connectivity index (χ0n) is 12.5. The van der Waals surface area contributed by atoms with Crippen LogP contribution < -0.4 is 14.8 Å². The van der Waals surface area contributed by atoms with Gasteiger partial charge in [0.15, 0.2) is 0 Å². The van der Waals surface area contributed by atoms with Crippen molar-refractivity contribution in [2.24, 2.45) is 0 Å². The zero-order valence-corrected chi connectivity index (χ0v) is 13.2. The SMILES string of the molecule is CCOc1ccc(NC[C@@H](O)COc2ccc(Cl)cc2)cc1. The largest absolute Gasteiger partial charge is 0.494 e. The number of hydrogen-bond acceptors (Lipinski definition) is 4. The number of hydrogen-bond donors (Lipinski definition) is 2. The molecule has 0 aromatic heterocycles. The molecule has 2 N–H and O–H groups in total. The summed E-state index contributed by atoms with van der Waals surface area (Å²) in [5.74, 6) is 1.52. The summed E-state index contributed by atoms with van der Waals surface area (Å²) in [5, 5.41) is 13.7. The first-order valence-corrected chi connectivity index (χ1v) is 7.58. The van der Waals surface area contributed by atoms with E-state index in [9.17, 15) is 5.11 Å². The van der Waals surface area contributed by atoms with Gasteiger partial charge in [-0.05, 0) is 55.5 Å². The van der Waals surface area contributed by atoms with Crippen LogP contribution in [0.15, 0.2) is 48.5 Å². The predicted octanol–water partition coefficient (Wildman–Crippen LogP) is 3.59. The summed E-state index contributed by atoms with van der Waals surface area (Å²) < 4.78 is 10.9. The maximum atomic E-state index is 9.93. The summed E-state index contributed by atoms with van der Waals surface area (Å²) in [4.78, 5) is 0. The minimum atomic E-state index is -0.609. The van der Waals surface area contributed by atoms with E-state index in [0.717, 1.165) is 11.4 Å². The minimum Gasteiger partial charge on any atom is -0.494 e. The normalized spacial score (nSPS) is 11.8. The number of halogens is 1. The van der Waals surface area contributed by atoms with Gasteiger partial charge in [-0.3, -0.25) is 0 Å². The molecule has 0 aliphatic heterocycles. The molecule has 22 heavy (non-hydrogen) atoms. The van der Waals surface area contributed by atoms with Gasteiger partial charge < -0.3 is 19.9 Å². The highest BCUT2D eigenvalue weighted by Crippen LogP contribution is 2.17. The third kappa shape index (κ3) is 5.47. The Kier molecular flexibility index (Phi) is 6.37. The summed E-state index contributed by atoms with van der Waals surface area (Å²) in [7, 11) is 0. The lowest BCUT2D eigenvalue weighted by Gasteiger charge is -2.14. The van der Waals surface area contributed by atoms with E-state index in [1.54, 1.807) is 24.3 Å². The van der Waals surface area contributed by atoms with Crippen molar-refractivity contribution in [3.05, 3.63) is 53.6 Å². The second-order valence-corrected chi connectivity index (χ2v) is 5.19. The third-order valence-electron chi connectivity index (χ3n) is 2.96. The standard InChI is InChI=1S/C17H20ClNO3/c1-2-21-16-9-5-14(6-10-16)19-11-15(20)12-22-17-7-3-13(18)4-8-17/h3-10,15,19-20H,2,11-12H2,1H3/t15-/m1/s1. The van der Waals surface area contributed by atoms with Crippen LogP contribution >= 0.6 is 11.6 Å². The number of benzene rings is 2. The maximum absolute atomic E-state index is 9.93. The molecule has 0 radical (unpaired) electrons. The molecular formula is C17H20ClNO3. The average molecular weight is 322 g/mol. The van der Waals surface area contributed by atoms with Gasteiger partial charge in [0.25, 0.3) is 0 Å². The highest BCUT2D eigenvalue weighted by Gasteiger charge is 2.05. The molecule has 0 saturated carbocycles. The molecule has 2 rings (SSSR count). The Bertz CT molecular complexity index is 557. The van der Waals surface area contributed by atoms with Gasteiger partial charge in [-0.15, -0.1) is 0 Å². The van der Waals surface area contributed by atoms with Gasteiger partial charge in [0.1, 0.15) is 24.2 Å². The Morgan fingerprint density at radius 1 is 1.00 bits per heavy atom. The molecule has 5 heteroatoms. The van der Waals surface area contributed by atoms with E-state index in [1.807, 2.05) is 31.2 Å². The quantitative estimate of drug-likeness (QED) is 0.780. The van der Waals surface area contributed by atoms with Crippen LogP contribution in [0.5, 0.6) is 11.5 Å². The summed E-state index contributed by atoms with van der Waals surface area (Å²) in [6.45, 7) is 3.21. The molecule has 2 aromatic rings. The van der Waals surface area contributed by atoms with Crippen LogP contribution in [0, 0.1) is 0 Å². The molecule has 2 aromatic carbocycles. The second-order valence-electron chi connectivity index (χ2n) is 4.76. The summed E-state index contributed by atoms with van der Waals surface area (Å²) in [5.41, 5.74) is 0.925. The highest BCUT2D eigenvalue weighted by atomic mass is 35.5. The fourth-order valence-corrected chi connectivity index (χ4v) is 1.98. The molecule has 0 spiro atoms. The molecular weight excluding hydrogens is 302 g/mol. The average Bonchev–Trinajstić information content (AvgIpc) is 2.54. The van der Waals surface area contributed by atoms with Crippen LogP contribution in [-0.4, -0.2) is 31.0 Å². The van der Waals surface area contributed by atoms with Crippen molar-refractivity contribution in [1.82, 2.24) is 0 Å². The molecule has 0 fully saturated rings. The van der Waals surface area contributed by atoms with Crippen molar-refractivity contribution in [2.75, 3.05) is 25.1 Å². The van der Waals surface area contributed by atoms with E-state index < -0.39 is 6.10 Å². The maximum Gasteiger partial charge on any atom is 0.119 e. The van der Waals surface area contributed by atoms with Crippen molar-refractivity contribution < 1.29 is 14.6 Å². The lowest BCUT2D eigenvalue weighted by molar-refractivity contribution is 0.117. The molecule has 4 nitrogen and oxygen atoms in total. The van der Waals surface area contributed by atoms with E-state index >= 15 is 0 Å². The first-order chi connectivity index (χ1) is 10.7. The summed E-state index contributed by atoms with van der Waals surface area (Å²) in [6, 6.07) is 14.7. The number of aliphatic hydroxyl groups is 1. The summed E-state index contributed by atoms with van der Waals surface area (Å²) in [6.07, 6.45) is -0.609. The second kappa shape index (κ2) is 8.51. The Morgan fingerprint density at radius 2 is 1.59 bits per heavy atom. The Balaban J connectivity index is 1.72. The lowest BCUT2D eigenvalue weighted by atomic mass is 10.3. The van der Waals surface area contributed by atoms with Crippen molar-refractivity contribution in [1.29, 1.82) is 0 Å². The van der Waals surface area contributed by atoms with Gasteiger partial charge >= 0.3 is 0 Å². The van der Waals surface area contributed by atoms with Gasteiger partial charge in [0.2, 0.25) is 0 Å². The van der Waals surface area contributed by atoms with Crippen LogP contribution in [0.3, 0.4) is 0 Å². The molecule has 0 amide bonds. The number of aliphatic hydroxyl groups excluding tert-OH is 1. The monoisotopic (exact) mass is 321 g/mol. The Hall–Kier alpha value is -1.91. The molecule has 1 atom stereocenters. The number of nitrogens with one attached hydrogen (secondary N) is 1. The smallest absolute Gasteiger partial charge is 0.119 e. The van der Waals surface area contributed by atoms with Gasteiger partial charge in [0.05, 0.1) is 6.61 Å². The Labute approximate surface area is 135 Å². The molecule has 0 aliphatic carbocycles. The van der Waals surface area contributed by atoms with Crippen LogP contribution in [0.25, 0.3) is 0 Å². The van der Waals surface area contributed by atoms with Crippen LogP contribution in [0.2, 0.25) is 5.02 Å². The van der Waals surface area contributed by atoms with E-state index in [1.165, 1.54) is 0 Å². The van der Waals surface area contributed by atoms with Crippen LogP contribution in [-0.2, 0) is 0 Å². The molecule has 0 heterocycles. The van der Waals surface area contributed by atoms with E-state index in [0.29, 0.717) is 23.9 Å². The van der Waals surface area contributed by atoms with E-state index in [4.69, 9.17) is 21.1 Å². The molecule has 0 unspecified atom stereocenters. The first-order valence-electron chi connectivity index (χ1n) is 7.20. The lowest BCUT2D eigenvalue weighted by Crippen LogP contribution is -2.26.